The monoisotopic (exact) mass is 276 g/mol. The molecular weight excluding hydrogens is 260 g/mol. The topological polar surface area (TPSA) is 73.6 Å². The van der Waals surface area contributed by atoms with E-state index in [2.05, 4.69) is 10.3 Å². The minimum atomic E-state index is -0.305. The third-order valence-corrected chi connectivity index (χ3v) is 2.75. The van der Waals surface area contributed by atoms with E-state index in [1.165, 1.54) is 6.20 Å². The van der Waals surface area contributed by atoms with Gasteiger partial charge in [0.25, 0.3) is 5.91 Å². The molecule has 0 aliphatic rings. The molecule has 1 heterocycles. The van der Waals surface area contributed by atoms with Crippen LogP contribution in [0.25, 0.3) is 0 Å². The van der Waals surface area contributed by atoms with Gasteiger partial charge in [0.15, 0.2) is 17.4 Å². The Morgan fingerprint density at radius 2 is 2.05 bits per heavy atom. The van der Waals surface area contributed by atoms with E-state index in [0.717, 1.165) is 5.56 Å². The van der Waals surface area contributed by atoms with Crippen LogP contribution >= 0.6 is 0 Å². The van der Waals surface area contributed by atoms with Gasteiger partial charge < -0.3 is 19.2 Å². The number of hydrogen-bond acceptors (Lipinski definition) is 5. The van der Waals surface area contributed by atoms with Crippen molar-refractivity contribution in [2.24, 2.45) is 0 Å². The summed E-state index contributed by atoms with van der Waals surface area (Å²) in [5, 5.41) is 2.75. The number of amides is 1. The summed E-state index contributed by atoms with van der Waals surface area (Å²) in [4.78, 5) is 15.7. The van der Waals surface area contributed by atoms with Crippen LogP contribution in [-0.2, 0) is 6.54 Å². The second kappa shape index (κ2) is 6.10. The molecule has 0 aliphatic heterocycles. The van der Waals surface area contributed by atoms with E-state index in [1.807, 2.05) is 12.1 Å². The number of methoxy groups -OCH3 is 2. The summed E-state index contributed by atoms with van der Waals surface area (Å²) in [6.45, 7) is 2.05. The molecule has 2 rings (SSSR count). The van der Waals surface area contributed by atoms with E-state index < -0.39 is 0 Å². The third kappa shape index (κ3) is 3.09. The molecule has 0 aliphatic carbocycles. The van der Waals surface area contributed by atoms with E-state index in [9.17, 15) is 4.79 Å². The van der Waals surface area contributed by atoms with Crippen molar-refractivity contribution in [1.29, 1.82) is 0 Å². The minimum Gasteiger partial charge on any atom is -0.493 e. The third-order valence-electron chi connectivity index (χ3n) is 2.75. The Kier molecular flexibility index (Phi) is 4.24. The second-order valence-electron chi connectivity index (χ2n) is 4.12. The lowest BCUT2D eigenvalue weighted by Gasteiger charge is -2.09. The normalized spacial score (nSPS) is 10.2. The lowest BCUT2D eigenvalue weighted by atomic mass is 10.2. The first-order valence-corrected chi connectivity index (χ1v) is 6.05. The number of nitrogens with zero attached hydrogens (tertiary/aromatic N) is 1. The fourth-order valence-corrected chi connectivity index (χ4v) is 1.73. The van der Waals surface area contributed by atoms with Gasteiger partial charge in [0.05, 0.1) is 20.4 Å². The predicted octanol–water partition coefficient (Wildman–Crippen LogP) is 1.93. The Morgan fingerprint density at radius 1 is 1.30 bits per heavy atom. The summed E-state index contributed by atoms with van der Waals surface area (Å²) in [5.74, 6) is 1.62. The summed E-state index contributed by atoms with van der Waals surface area (Å²) in [6, 6.07) is 5.46. The SMILES string of the molecule is COc1ccc(CNC(=O)c2cnc(C)o2)cc1OC. The molecular formula is C14H16N2O4. The van der Waals surface area contributed by atoms with Crippen LogP contribution in [0.5, 0.6) is 11.5 Å². The second-order valence-corrected chi connectivity index (χ2v) is 4.12. The zero-order valence-corrected chi connectivity index (χ0v) is 11.6. The summed E-state index contributed by atoms with van der Waals surface area (Å²) in [6.07, 6.45) is 1.40. The summed E-state index contributed by atoms with van der Waals surface area (Å²) in [7, 11) is 3.14. The van der Waals surface area contributed by atoms with Crippen molar-refractivity contribution >= 4 is 5.91 Å². The molecule has 0 spiro atoms. The van der Waals surface area contributed by atoms with E-state index in [4.69, 9.17) is 13.9 Å². The first-order chi connectivity index (χ1) is 9.63. The number of oxazole rings is 1. The highest BCUT2D eigenvalue weighted by molar-refractivity contribution is 5.91. The first-order valence-electron chi connectivity index (χ1n) is 6.05. The lowest BCUT2D eigenvalue weighted by molar-refractivity contribution is 0.0922. The highest BCUT2D eigenvalue weighted by atomic mass is 16.5. The number of aryl methyl sites for hydroxylation is 1. The molecule has 1 aromatic heterocycles. The first kappa shape index (κ1) is 13.9. The van der Waals surface area contributed by atoms with Crippen LogP contribution in [-0.4, -0.2) is 25.1 Å². The highest BCUT2D eigenvalue weighted by Gasteiger charge is 2.11. The molecule has 1 aromatic carbocycles. The van der Waals surface area contributed by atoms with Crippen molar-refractivity contribution in [2.75, 3.05) is 14.2 Å². The van der Waals surface area contributed by atoms with Crippen LogP contribution in [0, 0.1) is 6.92 Å². The van der Waals surface area contributed by atoms with E-state index in [0.29, 0.717) is 23.9 Å². The van der Waals surface area contributed by atoms with Gasteiger partial charge in [0, 0.05) is 13.5 Å². The van der Waals surface area contributed by atoms with Crippen molar-refractivity contribution < 1.29 is 18.7 Å². The van der Waals surface area contributed by atoms with Gasteiger partial charge in [-0.2, -0.15) is 0 Å². The van der Waals surface area contributed by atoms with E-state index in [1.54, 1.807) is 27.2 Å². The molecule has 0 fully saturated rings. The molecule has 1 amide bonds. The van der Waals surface area contributed by atoms with Gasteiger partial charge in [-0.1, -0.05) is 6.07 Å². The number of carbonyl (C=O) groups excluding carboxylic acids is 1. The van der Waals surface area contributed by atoms with Crippen LogP contribution in [0.4, 0.5) is 0 Å². The maximum absolute atomic E-state index is 11.8. The molecule has 2 aromatic rings. The molecule has 106 valence electrons. The molecule has 0 bridgehead atoms. The van der Waals surface area contributed by atoms with E-state index in [-0.39, 0.29) is 11.7 Å². The smallest absolute Gasteiger partial charge is 0.288 e. The highest BCUT2D eigenvalue weighted by Crippen LogP contribution is 2.27. The molecule has 0 saturated heterocycles. The minimum absolute atomic E-state index is 0.197. The van der Waals surface area contributed by atoms with Crippen LogP contribution in [0.1, 0.15) is 22.0 Å². The molecule has 0 saturated carbocycles. The number of hydrogen-bond donors (Lipinski definition) is 1. The Hall–Kier alpha value is -2.50. The predicted molar refractivity (Wildman–Crippen MR) is 72.0 cm³/mol. The van der Waals surface area contributed by atoms with Gasteiger partial charge in [-0.15, -0.1) is 0 Å². The Labute approximate surface area is 116 Å². The Bertz CT molecular complexity index is 607. The van der Waals surface area contributed by atoms with Gasteiger partial charge in [-0.25, -0.2) is 4.98 Å². The largest absolute Gasteiger partial charge is 0.493 e. The number of aromatic nitrogens is 1. The number of nitrogens with one attached hydrogen (secondary N) is 1. The van der Waals surface area contributed by atoms with Crippen LogP contribution < -0.4 is 14.8 Å². The quantitative estimate of drug-likeness (QED) is 0.903. The Balaban J connectivity index is 2.02. The van der Waals surface area contributed by atoms with Crippen LogP contribution in [0.2, 0.25) is 0 Å². The van der Waals surface area contributed by atoms with Gasteiger partial charge >= 0.3 is 0 Å². The molecule has 1 N–H and O–H groups in total. The number of rotatable bonds is 5. The molecule has 0 atom stereocenters. The summed E-state index contributed by atoms with van der Waals surface area (Å²) < 4.78 is 15.5. The molecule has 6 nitrogen and oxygen atoms in total. The Morgan fingerprint density at radius 3 is 2.65 bits per heavy atom. The van der Waals surface area contributed by atoms with Gasteiger partial charge in [-0.3, -0.25) is 4.79 Å². The van der Waals surface area contributed by atoms with Crippen molar-refractivity contribution in [3.8, 4) is 11.5 Å². The maximum Gasteiger partial charge on any atom is 0.288 e. The van der Waals surface area contributed by atoms with Crippen molar-refractivity contribution in [3.05, 3.63) is 41.6 Å². The van der Waals surface area contributed by atoms with Crippen LogP contribution in [0.3, 0.4) is 0 Å². The van der Waals surface area contributed by atoms with Gasteiger partial charge in [0.1, 0.15) is 0 Å². The summed E-state index contributed by atoms with van der Waals surface area (Å²) in [5.41, 5.74) is 0.896. The fourth-order valence-electron chi connectivity index (χ4n) is 1.73. The van der Waals surface area contributed by atoms with Crippen molar-refractivity contribution in [1.82, 2.24) is 10.3 Å². The number of benzene rings is 1. The number of ether oxygens (including phenoxy) is 2. The summed E-state index contributed by atoms with van der Waals surface area (Å²) >= 11 is 0. The van der Waals surface area contributed by atoms with E-state index >= 15 is 0 Å². The fraction of sp³-hybridized carbons (Fsp3) is 0.286. The van der Waals surface area contributed by atoms with Crippen LogP contribution in [0.15, 0.2) is 28.8 Å². The van der Waals surface area contributed by atoms with Crippen molar-refractivity contribution in [3.63, 3.8) is 0 Å². The maximum atomic E-state index is 11.8. The molecule has 20 heavy (non-hydrogen) atoms. The standard InChI is InChI=1S/C14H16N2O4/c1-9-15-8-13(20-9)14(17)16-7-10-4-5-11(18-2)12(6-10)19-3/h4-6,8H,7H2,1-3H3,(H,16,17). The molecule has 0 unspecified atom stereocenters. The number of carbonyl (C=O) groups is 1. The zero-order valence-electron chi connectivity index (χ0n) is 11.6. The van der Waals surface area contributed by atoms with Gasteiger partial charge in [0.2, 0.25) is 5.76 Å². The zero-order chi connectivity index (χ0) is 14.5. The van der Waals surface area contributed by atoms with Gasteiger partial charge in [-0.05, 0) is 17.7 Å². The molecule has 0 radical (unpaired) electrons. The lowest BCUT2D eigenvalue weighted by Crippen LogP contribution is -2.22. The average Bonchev–Trinajstić information content (AvgIpc) is 2.91. The average molecular weight is 276 g/mol. The van der Waals surface area contributed by atoms with Crippen molar-refractivity contribution in [2.45, 2.75) is 13.5 Å². The molecule has 6 heteroatoms.